The van der Waals surface area contributed by atoms with Gasteiger partial charge in [-0.15, -0.1) is 0 Å². The van der Waals surface area contributed by atoms with Crippen LogP contribution in [-0.4, -0.2) is 26.0 Å². The summed E-state index contributed by atoms with van der Waals surface area (Å²) in [5.74, 6) is -0.978. The monoisotopic (exact) mass is 351 g/mol. The van der Waals surface area contributed by atoms with Crippen LogP contribution in [-0.2, 0) is 10.0 Å². The first-order valence-corrected chi connectivity index (χ1v) is 8.77. The van der Waals surface area contributed by atoms with Crippen LogP contribution in [0.3, 0.4) is 0 Å². The first-order valence-electron chi connectivity index (χ1n) is 6.53. The van der Waals surface area contributed by atoms with E-state index in [1.807, 2.05) is 0 Å². The molecule has 1 saturated carbocycles. The molecule has 0 aromatic heterocycles. The Morgan fingerprint density at radius 3 is 2.43 bits per heavy atom. The van der Waals surface area contributed by atoms with Gasteiger partial charge in [0.25, 0.3) is 0 Å². The maximum absolute atomic E-state index is 12.3. The number of carboxylic acid groups (broad SMARTS) is 1. The van der Waals surface area contributed by atoms with Crippen molar-refractivity contribution in [3.8, 4) is 0 Å². The van der Waals surface area contributed by atoms with E-state index in [1.165, 1.54) is 0 Å². The average molecular weight is 352 g/mol. The first-order chi connectivity index (χ1) is 9.81. The summed E-state index contributed by atoms with van der Waals surface area (Å²) in [6.07, 6.45) is 4.21. The fourth-order valence-electron chi connectivity index (χ4n) is 2.42. The van der Waals surface area contributed by atoms with E-state index in [0.29, 0.717) is 12.5 Å². The topological polar surface area (TPSA) is 83.5 Å². The summed E-state index contributed by atoms with van der Waals surface area (Å²) in [6, 6.07) is 2.13. The summed E-state index contributed by atoms with van der Waals surface area (Å²) in [4.78, 5) is 10.8. The molecule has 5 nitrogen and oxygen atoms in total. The summed E-state index contributed by atoms with van der Waals surface area (Å²) in [6.45, 7) is 0.337. The zero-order valence-corrected chi connectivity index (χ0v) is 13.4. The van der Waals surface area contributed by atoms with Crippen molar-refractivity contribution in [2.24, 2.45) is 5.92 Å². The second-order valence-corrected chi connectivity index (χ2v) is 7.62. The number of sulfonamides is 1. The van der Waals surface area contributed by atoms with Crippen molar-refractivity contribution in [2.45, 2.75) is 30.6 Å². The van der Waals surface area contributed by atoms with Gasteiger partial charge in [0.2, 0.25) is 10.0 Å². The minimum absolute atomic E-state index is 0.0936. The Labute approximate surface area is 133 Å². The Kier molecular flexibility index (Phi) is 5.14. The van der Waals surface area contributed by atoms with Crippen LogP contribution in [0.4, 0.5) is 0 Å². The molecule has 1 aliphatic carbocycles. The van der Waals surface area contributed by atoms with Crippen LogP contribution in [0, 0.1) is 5.92 Å². The third kappa shape index (κ3) is 3.88. The highest BCUT2D eigenvalue weighted by Crippen LogP contribution is 2.29. The van der Waals surface area contributed by atoms with E-state index < -0.39 is 16.0 Å². The van der Waals surface area contributed by atoms with Gasteiger partial charge in [0, 0.05) is 6.54 Å². The van der Waals surface area contributed by atoms with Gasteiger partial charge in [-0.2, -0.15) is 0 Å². The molecule has 0 aliphatic heterocycles. The Morgan fingerprint density at radius 1 is 1.24 bits per heavy atom. The van der Waals surface area contributed by atoms with Crippen molar-refractivity contribution in [2.75, 3.05) is 6.54 Å². The normalized spacial score (nSPS) is 16.3. The molecule has 21 heavy (non-hydrogen) atoms. The number of rotatable bonds is 5. The van der Waals surface area contributed by atoms with E-state index in [4.69, 9.17) is 28.3 Å². The van der Waals surface area contributed by atoms with Crippen molar-refractivity contribution in [3.63, 3.8) is 0 Å². The molecule has 1 aromatic carbocycles. The maximum atomic E-state index is 12.3. The maximum Gasteiger partial charge on any atom is 0.337 e. The van der Waals surface area contributed by atoms with E-state index in [0.717, 1.165) is 37.8 Å². The number of nitrogens with one attached hydrogen (secondary N) is 1. The summed E-state index contributed by atoms with van der Waals surface area (Å²) < 4.78 is 27.0. The largest absolute Gasteiger partial charge is 0.478 e. The third-order valence-electron chi connectivity index (χ3n) is 3.58. The number of halogens is 2. The average Bonchev–Trinajstić information content (AvgIpc) is 2.88. The summed E-state index contributed by atoms with van der Waals surface area (Å²) in [5.41, 5.74) is -0.290. The second kappa shape index (κ2) is 6.52. The predicted octanol–water partition coefficient (Wildman–Crippen LogP) is 3.16. The smallest absolute Gasteiger partial charge is 0.337 e. The number of aromatic carboxylic acids is 1. The molecule has 1 aliphatic rings. The second-order valence-electron chi connectivity index (χ2n) is 5.07. The van der Waals surface area contributed by atoms with Gasteiger partial charge < -0.3 is 5.11 Å². The van der Waals surface area contributed by atoms with Crippen molar-refractivity contribution in [1.29, 1.82) is 0 Å². The SMILES string of the molecule is O=C(O)c1cc(S(=O)(=O)NCC2CCCC2)c(Cl)cc1Cl. The fraction of sp³-hybridized carbons (Fsp3) is 0.462. The Hall–Kier alpha value is -0.820. The van der Waals surface area contributed by atoms with Crippen LogP contribution in [0.5, 0.6) is 0 Å². The Bertz CT molecular complexity index is 654. The predicted molar refractivity (Wildman–Crippen MR) is 80.6 cm³/mol. The van der Waals surface area contributed by atoms with Crippen LogP contribution in [0.25, 0.3) is 0 Å². The molecule has 1 aromatic rings. The van der Waals surface area contributed by atoms with Crippen LogP contribution < -0.4 is 4.72 Å². The van der Waals surface area contributed by atoms with Crippen LogP contribution in [0.15, 0.2) is 17.0 Å². The lowest BCUT2D eigenvalue weighted by atomic mass is 10.1. The molecular weight excluding hydrogens is 337 g/mol. The molecule has 0 bridgehead atoms. The lowest BCUT2D eigenvalue weighted by molar-refractivity contribution is 0.0697. The molecule has 1 fully saturated rings. The lowest BCUT2D eigenvalue weighted by Crippen LogP contribution is -2.29. The van der Waals surface area contributed by atoms with Gasteiger partial charge >= 0.3 is 5.97 Å². The van der Waals surface area contributed by atoms with Crippen LogP contribution in [0.1, 0.15) is 36.0 Å². The van der Waals surface area contributed by atoms with Crippen molar-refractivity contribution in [3.05, 3.63) is 27.7 Å². The van der Waals surface area contributed by atoms with Crippen LogP contribution >= 0.6 is 23.2 Å². The Morgan fingerprint density at radius 2 is 1.86 bits per heavy atom. The fourth-order valence-corrected chi connectivity index (χ4v) is 4.39. The summed E-state index contributed by atoms with van der Waals surface area (Å²) in [5, 5.41) is 8.82. The van der Waals surface area contributed by atoms with Crippen molar-refractivity contribution < 1.29 is 18.3 Å². The number of hydrogen-bond acceptors (Lipinski definition) is 3. The molecule has 0 amide bonds. The quantitative estimate of drug-likeness (QED) is 0.853. The lowest BCUT2D eigenvalue weighted by Gasteiger charge is -2.13. The van der Waals surface area contributed by atoms with Gasteiger partial charge in [-0.25, -0.2) is 17.9 Å². The molecule has 0 saturated heterocycles. The van der Waals surface area contributed by atoms with E-state index in [9.17, 15) is 13.2 Å². The molecule has 116 valence electrons. The van der Waals surface area contributed by atoms with E-state index in [2.05, 4.69) is 4.72 Å². The Balaban J connectivity index is 2.26. The van der Waals surface area contributed by atoms with Gasteiger partial charge in [0.05, 0.1) is 15.6 Å². The van der Waals surface area contributed by atoms with Crippen molar-refractivity contribution >= 4 is 39.2 Å². The van der Waals surface area contributed by atoms with E-state index in [1.54, 1.807) is 0 Å². The molecule has 0 spiro atoms. The molecular formula is C13H15Cl2NO4S. The highest BCUT2D eigenvalue weighted by Gasteiger charge is 2.24. The highest BCUT2D eigenvalue weighted by atomic mass is 35.5. The van der Waals surface area contributed by atoms with Gasteiger partial charge in [-0.05, 0) is 30.9 Å². The molecule has 0 atom stereocenters. The molecule has 8 heteroatoms. The molecule has 0 heterocycles. The van der Waals surface area contributed by atoms with Crippen molar-refractivity contribution in [1.82, 2.24) is 4.72 Å². The summed E-state index contributed by atoms with van der Waals surface area (Å²) in [7, 11) is -3.86. The zero-order valence-electron chi connectivity index (χ0n) is 11.1. The number of carbonyl (C=O) groups is 1. The third-order valence-corrected chi connectivity index (χ3v) is 5.78. The standard InChI is InChI=1S/C13H15Cl2NO4S/c14-10-6-11(15)12(5-9(10)13(17)18)21(19,20)16-7-8-3-1-2-4-8/h5-6,8,16H,1-4,7H2,(H,17,18). The van der Waals surface area contributed by atoms with Gasteiger partial charge in [0.1, 0.15) is 4.90 Å². The molecule has 2 N–H and O–H groups in total. The van der Waals surface area contributed by atoms with Crippen LogP contribution in [0.2, 0.25) is 10.0 Å². The summed E-state index contributed by atoms with van der Waals surface area (Å²) >= 11 is 11.6. The van der Waals surface area contributed by atoms with Gasteiger partial charge in [-0.3, -0.25) is 0 Å². The van der Waals surface area contributed by atoms with Gasteiger partial charge in [0.15, 0.2) is 0 Å². The molecule has 0 radical (unpaired) electrons. The first kappa shape index (κ1) is 16.5. The molecule has 2 rings (SSSR count). The number of benzene rings is 1. The highest BCUT2D eigenvalue weighted by molar-refractivity contribution is 7.89. The van der Waals surface area contributed by atoms with E-state index >= 15 is 0 Å². The van der Waals surface area contributed by atoms with Gasteiger partial charge in [-0.1, -0.05) is 36.0 Å². The van der Waals surface area contributed by atoms with E-state index in [-0.39, 0.29) is 20.5 Å². The zero-order chi connectivity index (χ0) is 15.6. The minimum Gasteiger partial charge on any atom is -0.478 e. The minimum atomic E-state index is -3.86. The number of hydrogen-bond donors (Lipinski definition) is 2. The molecule has 0 unspecified atom stereocenters. The number of carboxylic acids is 1.